The second-order valence-corrected chi connectivity index (χ2v) is 9.90. The third-order valence-electron chi connectivity index (χ3n) is 5.71. The van der Waals surface area contributed by atoms with Gasteiger partial charge in [0.05, 0.1) is 6.54 Å². The van der Waals surface area contributed by atoms with E-state index in [4.69, 9.17) is 0 Å². The van der Waals surface area contributed by atoms with E-state index in [0.717, 1.165) is 30.5 Å². The van der Waals surface area contributed by atoms with Crippen molar-refractivity contribution < 1.29 is 22.0 Å². The minimum Gasteiger partial charge on any atom is -0.334 e. The van der Waals surface area contributed by atoms with Crippen molar-refractivity contribution in [2.24, 2.45) is 0 Å². The van der Waals surface area contributed by atoms with Gasteiger partial charge in [-0.3, -0.25) is 9.69 Å². The molecule has 2 aliphatic rings. The lowest BCUT2D eigenvalue weighted by molar-refractivity contribution is -0.133. The van der Waals surface area contributed by atoms with Gasteiger partial charge in [0.1, 0.15) is 16.5 Å². The van der Waals surface area contributed by atoms with Gasteiger partial charge < -0.3 is 4.90 Å². The van der Waals surface area contributed by atoms with E-state index in [1.807, 2.05) is 40.1 Å². The smallest absolute Gasteiger partial charge is 0.246 e. The summed E-state index contributed by atoms with van der Waals surface area (Å²) in [6, 6.07) is 12.6. The van der Waals surface area contributed by atoms with E-state index < -0.39 is 26.6 Å². The average Bonchev–Trinajstić information content (AvgIpc) is 3.58. The number of carbonyl (C=O) groups excluding carboxylic acids is 1. The number of carbonyl (C=O) groups is 1. The molecule has 0 N–H and O–H groups in total. The minimum atomic E-state index is -4.05. The Morgan fingerprint density at radius 2 is 1.68 bits per heavy atom. The molecule has 1 heterocycles. The fourth-order valence-corrected chi connectivity index (χ4v) is 5.29. The molecule has 1 aliphatic heterocycles. The van der Waals surface area contributed by atoms with E-state index in [9.17, 15) is 22.0 Å². The highest BCUT2D eigenvalue weighted by Crippen LogP contribution is 2.29. The van der Waals surface area contributed by atoms with Crippen LogP contribution in [0.4, 0.5) is 8.78 Å². The van der Waals surface area contributed by atoms with Gasteiger partial charge in [0, 0.05) is 44.8 Å². The zero-order chi connectivity index (χ0) is 22.0. The van der Waals surface area contributed by atoms with Crippen LogP contribution in [0.1, 0.15) is 18.4 Å². The van der Waals surface area contributed by atoms with Crippen LogP contribution >= 0.6 is 0 Å². The van der Waals surface area contributed by atoms with Crippen molar-refractivity contribution in [1.82, 2.24) is 14.1 Å². The Kier molecular flexibility index (Phi) is 6.36. The van der Waals surface area contributed by atoms with Crippen molar-refractivity contribution in [3.63, 3.8) is 0 Å². The molecule has 4 rings (SSSR count). The van der Waals surface area contributed by atoms with E-state index in [0.29, 0.717) is 25.7 Å². The molecule has 0 spiro atoms. The van der Waals surface area contributed by atoms with Crippen LogP contribution in [0, 0.1) is 11.6 Å². The monoisotopic (exact) mass is 449 g/mol. The lowest BCUT2D eigenvalue weighted by atomic mass is 10.2. The Hall–Kier alpha value is -2.36. The van der Waals surface area contributed by atoms with Crippen LogP contribution in [0.2, 0.25) is 0 Å². The van der Waals surface area contributed by atoms with Gasteiger partial charge in [0.25, 0.3) is 0 Å². The molecular formula is C22H25F2N3O3S. The molecule has 1 saturated carbocycles. The third kappa shape index (κ3) is 5.11. The van der Waals surface area contributed by atoms with Crippen molar-refractivity contribution >= 4 is 15.9 Å². The molecule has 0 bridgehead atoms. The van der Waals surface area contributed by atoms with E-state index in [2.05, 4.69) is 0 Å². The SMILES string of the molecule is O=C(CN1CCN(S(=O)(=O)c2ccc(F)cc2F)CC1)N(Cc1ccccc1)C1CC1. The molecular weight excluding hydrogens is 424 g/mol. The summed E-state index contributed by atoms with van der Waals surface area (Å²) in [6.07, 6.45) is 2.02. The van der Waals surface area contributed by atoms with Gasteiger partial charge in [-0.05, 0) is 30.5 Å². The first kappa shape index (κ1) is 21.9. The standard InChI is InChI=1S/C22H25F2N3O3S/c23-18-6-9-21(20(24)14-18)31(29,30)26-12-10-25(11-13-26)16-22(28)27(19-7-8-19)15-17-4-2-1-3-5-17/h1-6,9,14,19H,7-8,10-13,15-16H2. The lowest BCUT2D eigenvalue weighted by Gasteiger charge is -2.35. The number of halogens is 2. The maximum atomic E-state index is 14.0. The molecule has 166 valence electrons. The Morgan fingerprint density at radius 1 is 1.00 bits per heavy atom. The number of sulfonamides is 1. The fourth-order valence-electron chi connectivity index (χ4n) is 3.82. The second kappa shape index (κ2) is 9.02. The summed E-state index contributed by atoms with van der Waals surface area (Å²) in [5.74, 6) is -1.89. The predicted octanol–water partition coefficient (Wildman–Crippen LogP) is 2.46. The topological polar surface area (TPSA) is 60.9 Å². The van der Waals surface area contributed by atoms with Gasteiger partial charge in [-0.1, -0.05) is 30.3 Å². The number of rotatable bonds is 7. The van der Waals surface area contributed by atoms with Crippen LogP contribution in [-0.4, -0.2) is 67.2 Å². The number of amides is 1. The molecule has 0 aromatic heterocycles. The summed E-state index contributed by atoms with van der Waals surface area (Å²) < 4.78 is 53.8. The normalized spacial score (nSPS) is 18.1. The zero-order valence-corrected chi connectivity index (χ0v) is 17.9. The Morgan fingerprint density at radius 3 is 2.29 bits per heavy atom. The maximum Gasteiger partial charge on any atom is 0.246 e. The first-order valence-electron chi connectivity index (χ1n) is 10.4. The van der Waals surface area contributed by atoms with Gasteiger partial charge in [0.2, 0.25) is 15.9 Å². The Labute approximate surface area is 181 Å². The molecule has 0 unspecified atom stereocenters. The van der Waals surface area contributed by atoms with Crippen molar-refractivity contribution in [2.75, 3.05) is 32.7 Å². The van der Waals surface area contributed by atoms with Gasteiger partial charge in [-0.25, -0.2) is 17.2 Å². The minimum absolute atomic E-state index is 0.0345. The van der Waals surface area contributed by atoms with Crippen molar-refractivity contribution in [3.8, 4) is 0 Å². The largest absolute Gasteiger partial charge is 0.334 e. The van der Waals surface area contributed by atoms with Gasteiger partial charge >= 0.3 is 0 Å². The van der Waals surface area contributed by atoms with Crippen molar-refractivity contribution in [3.05, 3.63) is 65.7 Å². The maximum absolute atomic E-state index is 14.0. The van der Waals surface area contributed by atoms with E-state index in [1.54, 1.807) is 0 Å². The Bertz CT molecular complexity index is 1040. The van der Waals surface area contributed by atoms with E-state index >= 15 is 0 Å². The lowest BCUT2D eigenvalue weighted by Crippen LogP contribution is -2.51. The highest BCUT2D eigenvalue weighted by atomic mass is 32.2. The molecule has 1 amide bonds. The summed E-state index contributed by atoms with van der Waals surface area (Å²) in [7, 11) is -4.05. The van der Waals surface area contributed by atoms with Crippen LogP contribution in [0.15, 0.2) is 53.4 Å². The highest BCUT2D eigenvalue weighted by Gasteiger charge is 2.35. The molecule has 6 nitrogen and oxygen atoms in total. The predicted molar refractivity (Wildman–Crippen MR) is 112 cm³/mol. The molecule has 0 radical (unpaired) electrons. The molecule has 9 heteroatoms. The summed E-state index contributed by atoms with van der Waals surface area (Å²) in [4.78, 5) is 16.2. The highest BCUT2D eigenvalue weighted by molar-refractivity contribution is 7.89. The average molecular weight is 450 g/mol. The van der Waals surface area contributed by atoms with Gasteiger partial charge in [0.15, 0.2) is 0 Å². The van der Waals surface area contributed by atoms with Gasteiger partial charge in [-0.2, -0.15) is 4.31 Å². The second-order valence-electron chi connectivity index (χ2n) is 7.99. The number of hydrogen-bond donors (Lipinski definition) is 0. The fraction of sp³-hybridized carbons (Fsp3) is 0.409. The van der Waals surface area contributed by atoms with Crippen LogP contribution in [-0.2, 0) is 21.4 Å². The molecule has 2 aromatic rings. The number of piperazine rings is 1. The zero-order valence-electron chi connectivity index (χ0n) is 17.1. The van der Waals surface area contributed by atoms with Crippen LogP contribution in [0.3, 0.4) is 0 Å². The number of nitrogens with zero attached hydrogens (tertiary/aromatic N) is 3. The van der Waals surface area contributed by atoms with Gasteiger partial charge in [-0.15, -0.1) is 0 Å². The summed E-state index contributed by atoms with van der Waals surface area (Å²) >= 11 is 0. The summed E-state index contributed by atoms with van der Waals surface area (Å²) in [5, 5.41) is 0. The van der Waals surface area contributed by atoms with Crippen molar-refractivity contribution in [1.29, 1.82) is 0 Å². The first-order valence-corrected chi connectivity index (χ1v) is 11.8. The quantitative estimate of drug-likeness (QED) is 0.652. The van der Waals surface area contributed by atoms with Crippen LogP contribution in [0.5, 0.6) is 0 Å². The van der Waals surface area contributed by atoms with Crippen LogP contribution < -0.4 is 0 Å². The molecule has 2 aromatic carbocycles. The molecule has 2 fully saturated rings. The number of benzene rings is 2. The summed E-state index contributed by atoms with van der Waals surface area (Å²) in [5.41, 5.74) is 1.08. The molecule has 0 atom stereocenters. The van der Waals surface area contributed by atoms with E-state index in [1.165, 1.54) is 4.31 Å². The molecule has 1 aliphatic carbocycles. The molecule has 31 heavy (non-hydrogen) atoms. The Balaban J connectivity index is 1.35. The summed E-state index contributed by atoms with van der Waals surface area (Å²) in [6.45, 7) is 1.84. The molecule has 1 saturated heterocycles. The third-order valence-corrected chi connectivity index (χ3v) is 7.64. The van der Waals surface area contributed by atoms with Crippen molar-refractivity contribution in [2.45, 2.75) is 30.3 Å². The number of hydrogen-bond acceptors (Lipinski definition) is 4. The first-order chi connectivity index (χ1) is 14.8. The van der Waals surface area contributed by atoms with E-state index in [-0.39, 0.29) is 31.6 Å². The van der Waals surface area contributed by atoms with Crippen LogP contribution in [0.25, 0.3) is 0 Å².